The second-order valence-electron chi connectivity index (χ2n) is 7.43. The highest BCUT2D eigenvalue weighted by Crippen LogP contribution is 2.31. The fraction of sp³-hybridized carbons (Fsp3) is 0.318. The average Bonchev–Trinajstić information content (AvgIpc) is 3.56. The van der Waals surface area contributed by atoms with Crippen molar-refractivity contribution in [3.63, 3.8) is 0 Å². The van der Waals surface area contributed by atoms with E-state index < -0.39 is 29.5 Å². The zero-order valence-corrected chi connectivity index (χ0v) is 16.8. The molecule has 31 heavy (non-hydrogen) atoms. The number of alkyl halides is 3. The summed E-state index contributed by atoms with van der Waals surface area (Å²) in [7, 11) is 0. The summed E-state index contributed by atoms with van der Waals surface area (Å²) in [6.07, 6.45) is -3.06. The van der Waals surface area contributed by atoms with Gasteiger partial charge in [-0.2, -0.15) is 13.2 Å². The number of nitrogens with zero attached hydrogens (tertiary/aromatic N) is 1. The number of benzene rings is 2. The zero-order chi connectivity index (χ0) is 22.6. The molecule has 0 unspecified atom stereocenters. The van der Waals surface area contributed by atoms with Crippen molar-refractivity contribution in [2.24, 2.45) is 0 Å². The SMILES string of the molecule is Cc1ccc(NC(=O)CNC(=O)CN(C(=O)c2ccc(C(F)(F)F)cc2)C2CC2)cc1. The molecule has 0 atom stereocenters. The third-order valence-electron chi connectivity index (χ3n) is 4.80. The van der Waals surface area contributed by atoms with Crippen LogP contribution in [0.5, 0.6) is 0 Å². The molecule has 2 N–H and O–H groups in total. The first-order chi connectivity index (χ1) is 14.6. The molecule has 1 saturated carbocycles. The first kappa shape index (κ1) is 22.3. The van der Waals surface area contributed by atoms with E-state index in [0.29, 0.717) is 18.5 Å². The molecule has 3 rings (SSSR count). The second-order valence-corrected chi connectivity index (χ2v) is 7.43. The van der Waals surface area contributed by atoms with Crippen molar-refractivity contribution in [1.82, 2.24) is 10.2 Å². The van der Waals surface area contributed by atoms with Gasteiger partial charge < -0.3 is 15.5 Å². The maximum Gasteiger partial charge on any atom is 0.416 e. The van der Waals surface area contributed by atoms with Crippen LogP contribution in [-0.4, -0.2) is 41.8 Å². The molecule has 1 aliphatic rings. The quantitative estimate of drug-likeness (QED) is 0.703. The third kappa shape index (κ3) is 6.31. The van der Waals surface area contributed by atoms with Gasteiger partial charge in [0.2, 0.25) is 11.8 Å². The minimum Gasteiger partial charge on any atom is -0.345 e. The molecule has 2 aromatic rings. The summed E-state index contributed by atoms with van der Waals surface area (Å²) in [6.45, 7) is 1.38. The number of aryl methyl sites for hydroxylation is 1. The van der Waals surface area contributed by atoms with Crippen molar-refractivity contribution >= 4 is 23.4 Å². The molecule has 164 valence electrons. The Morgan fingerprint density at radius 3 is 2.13 bits per heavy atom. The number of anilines is 1. The van der Waals surface area contributed by atoms with Gasteiger partial charge >= 0.3 is 6.18 Å². The first-order valence-corrected chi connectivity index (χ1v) is 9.75. The summed E-state index contributed by atoms with van der Waals surface area (Å²) in [6, 6.07) is 10.9. The molecule has 0 radical (unpaired) electrons. The van der Waals surface area contributed by atoms with E-state index in [4.69, 9.17) is 0 Å². The Balaban J connectivity index is 1.54. The fourth-order valence-electron chi connectivity index (χ4n) is 2.95. The van der Waals surface area contributed by atoms with Gasteiger partial charge in [0.05, 0.1) is 12.1 Å². The van der Waals surface area contributed by atoms with Crippen LogP contribution in [0.2, 0.25) is 0 Å². The van der Waals surface area contributed by atoms with E-state index in [1.165, 1.54) is 4.90 Å². The number of hydrogen-bond donors (Lipinski definition) is 2. The van der Waals surface area contributed by atoms with Crippen LogP contribution in [0.3, 0.4) is 0 Å². The number of carbonyl (C=O) groups excluding carboxylic acids is 3. The Morgan fingerprint density at radius 2 is 1.58 bits per heavy atom. The van der Waals surface area contributed by atoms with Crippen molar-refractivity contribution in [3.05, 3.63) is 65.2 Å². The van der Waals surface area contributed by atoms with Gasteiger partial charge in [-0.25, -0.2) is 0 Å². The van der Waals surface area contributed by atoms with Gasteiger partial charge in [0, 0.05) is 17.3 Å². The van der Waals surface area contributed by atoms with Crippen LogP contribution < -0.4 is 10.6 Å². The third-order valence-corrected chi connectivity index (χ3v) is 4.80. The average molecular weight is 433 g/mol. The lowest BCUT2D eigenvalue weighted by molar-refractivity contribution is -0.137. The molecule has 1 fully saturated rings. The maximum absolute atomic E-state index is 12.7. The van der Waals surface area contributed by atoms with Crippen molar-refractivity contribution in [2.75, 3.05) is 18.4 Å². The minimum absolute atomic E-state index is 0.0739. The van der Waals surface area contributed by atoms with Crippen LogP contribution in [0.15, 0.2) is 48.5 Å². The van der Waals surface area contributed by atoms with E-state index in [2.05, 4.69) is 10.6 Å². The topological polar surface area (TPSA) is 78.5 Å². The highest BCUT2D eigenvalue weighted by molar-refractivity contribution is 5.98. The Labute approximate surface area is 177 Å². The standard InChI is InChI=1S/C22H22F3N3O3/c1-14-2-8-17(9-3-14)27-19(29)12-26-20(30)13-28(18-10-11-18)21(31)15-4-6-16(7-5-15)22(23,24)25/h2-9,18H,10-13H2,1H3,(H,26,30)(H,27,29). The lowest BCUT2D eigenvalue weighted by Crippen LogP contribution is -2.43. The Morgan fingerprint density at radius 1 is 0.968 bits per heavy atom. The normalized spacial score (nSPS) is 13.4. The molecule has 0 spiro atoms. The van der Waals surface area contributed by atoms with Gasteiger partial charge in [0.25, 0.3) is 5.91 Å². The number of halogens is 3. The summed E-state index contributed by atoms with van der Waals surface area (Å²) in [5.74, 6) is -1.45. The van der Waals surface area contributed by atoms with Gasteiger partial charge in [-0.15, -0.1) is 0 Å². The molecule has 3 amide bonds. The molecule has 6 nitrogen and oxygen atoms in total. The lowest BCUT2D eigenvalue weighted by atomic mass is 10.1. The van der Waals surface area contributed by atoms with E-state index in [1.54, 1.807) is 12.1 Å². The second kappa shape index (κ2) is 9.20. The number of amides is 3. The van der Waals surface area contributed by atoms with E-state index in [0.717, 1.165) is 29.8 Å². The number of rotatable bonds is 7. The van der Waals surface area contributed by atoms with Gasteiger partial charge in [0.1, 0.15) is 6.54 Å². The number of carbonyl (C=O) groups is 3. The monoisotopic (exact) mass is 433 g/mol. The molecule has 2 aromatic carbocycles. The van der Waals surface area contributed by atoms with Gasteiger partial charge in [0.15, 0.2) is 0 Å². The summed E-state index contributed by atoms with van der Waals surface area (Å²) in [4.78, 5) is 38.3. The lowest BCUT2D eigenvalue weighted by Gasteiger charge is -2.22. The van der Waals surface area contributed by atoms with E-state index in [9.17, 15) is 27.6 Å². The maximum atomic E-state index is 12.7. The molecule has 0 aromatic heterocycles. The van der Waals surface area contributed by atoms with E-state index in [-0.39, 0.29) is 24.7 Å². The minimum atomic E-state index is -4.49. The number of hydrogen-bond acceptors (Lipinski definition) is 3. The Bertz CT molecular complexity index is 953. The van der Waals surface area contributed by atoms with E-state index >= 15 is 0 Å². The van der Waals surface area contributed by atoms with Crippen LogP contribution in [0.4, 0.5) is 18.9 Å². The largest absolute Gasteiger partial charge is 0.416 e. The molecule has 1 aliphatic carbocycles. The van der Waals surface area contributed by atoms with Crippen molar-refractivity contribution in [2.45, 2.75) is 32.0 Å². The van der Waals surface area contributed by atoms with Crippen molar-refractivity contribution < 1.29 is 27.6 Å². The Kier molecular flexibility index (Phi) is 6.62. The molecule has 0 aliphatic heterocycles. The van der Waals surface area contributed by atoms with Crippen LogP contribution in [0.1, 0.15) is 34.3 Å². The summed E-state index contributed by atoms with van der Waals surface area (Å²) < 4.78 is 38.1. The molecule has 0 heterocycles. The smallest absolute Gasteiger partial charge is 0.345 e. The summed E-state index contributed by atoms with van der Waals surface area (Å²) in [5.41, 5.74) is 0.871. The molecule has 0 saturated heterocycles. The highest BCUT2D eigenvalue weighted by atomic mass is 19.4. The predicted molar refractivity (Wildman–Crippen MR) is 108 cm³/mol. The molecular formula is C22H22F3N3O3. The predicted octanol–water partition coefficient (Wildman–Crippen LogP) is 3.37. The van der Waals surface area contributed by atoms with Crippen LogP contribution in [-0.2, 0) is 15.8 Å². The molecule has 0 bridgehead atoms. The van der Waals surface area contributed by atoms with Crippen LogP contribution >= 0.6 is 0 Å². The molecule has 9 heteroatoms. The molecular weight excluding hydrogens is 411 g/mol. The van der Waals surface area contributed by atoms with Gasteiger partial charge in [-0.1, -0.05) is 17.7 Å². The Hall–Kier alpha value is -3.36. The highest BCUT2D eigenvalue weighted by Gasteiger charge is 2.35. The fourth-order valence-corrected chi connectivity index (χ4v) is 2.95. The van der Waals surface area contributed by atoms with E-state index in [1.807, 2.05) is 19.1 Å². The summed E-state index contributed by atoms with van der Waals surface area (Å²) in [5, 5.41) is 5.12. The zero-order valence-electron chi connectivity index (χ0n) is 16.8. The van der Waals surface area contributed by atoms with Gasteiger partial charge in [-0.05, 0) is 56.2 Å². The first-order valence-electron chi connectivity index (χ1n) is 9.75. The van der Waals surface area contributed by atoms with Crippen molar-refractivity contribution in [1.29, 1.82) is 0 Å². The van der Waals surface area contributed by atoms with Crippen molar-refractivity contribution in [3.8, 4) is 0 Å². The summed E-state index contributed by atoms with van der Waals surface area (Å²) >= 11 is 0. The van der Waals surface area contributed by atoms with Crippen LogP contribution in [0.25, 0.3) is 0 Å². The number of nitrogens with one attached hydrogen (secondary N) is 2. The van der Waals surface area contributed by atoms with Crippen LogP contribution in [0, 0.1) is 6.92 Å². The van der Waals surface area contributed by atoms with Gasteiger partial charge in [-0.3, -0.25) is 14.4 Å².